The predicted molar refractivity (Wildman–Crippen MR) is 138 cm³/mol. The first-order chi connectivity index (χ1) is 15.7. The van der Waals surface area contributed by atoms with Gasteiger partial charge in [0.25, 0.3) is 0 Å². The van der Waals surface area contributed by atoms with E-state index in [4.69, 9.17) is 0 Å². The lowest BCUT2D eigenvalue weighted by Gasteiger charge is -2.58. The third kappa shape index (κ3) is 3.63. The van der Waals surface area contributed by atoms with E-state index in [2.05, 4.69) is 97.8 Å². The molecule has 2 atom stereocenters. The highest BCUT2D eigenvalue weighted by Crippen LogP contribution is 2.56. The Morgan fingerprint density at radius 1 is 0.781 bits per heavy atom. The Labute approximate surface area is 195 Å². The highest BCUT2D eigenvalue weighted by Gasteiger charge is 2.50. The second-order valence-electron chi connectivity index (χ2n) is 10.8. The molecule has 2 heteroatoms. The number of allylic oxidation sites excluding steroid dienone is 2. The first kappa shape index (κ1) is 20.9. The van der Waals surface area contributed by atoms with Gasteiger partial charge in [-0.3, -0.25) is 4.90 Å². The molecule has 7 rings (SSSR count). The van der Waals surface area contributed by atoms with Gasteiger partial charge in [-0.05, 0) is 93.6 Å². The van der Waals surface area contributed by atoms with E-state index < -0.39 is 7.92 Å². The fourth-order valence-electron chi connectivity index (χ4n) is 7.80. The maximum absolute atomic E-state index is 2.82. The van der Waals surface area contributed by atoms with E-state index in [0.717, 1.165) is 29.7 Å². The first-order valence-corrected chi connectivity index (χ1v) is 14.0. The van der Waals surface area contributed by atoms with Gasteiger partial charge in [0.15, 0.2) is 0 Å². The Balaban J connectivity index is 1.29. The van der Waals surface area contributed by atoms with Crippen LogP contribution in [0.2, 0.25) is 0 Å². The summed E-state index contributed by atoms with van der Waals surface area (Å²) >= 11 is 0. The number of benzene rings is 2. The van der Waals surface area contributed by atoms with E-state index in [1.807, 2.05) is 0 Å². The van der Waals surface area contributed by atoms with Gasteiger partial charge in [-0.15, -0.1) is 0 Å². The molecule has 32 heavy (non-hydrogen) atoms. The molecule has 0 N–H and O–H groups in total. The first-order valence-electron chi connectivity index (χ1n) is 12.7. The molecule has 5 aliphatic rings. The molecule has 5 aliphatic carbocycles. The summed E-state index contributed by atoms with van der Waals surface area (Å²) in [6, 6.07) is 23.8. The SMILES string of the molecule is C[C@H](C1C=CC=C1P(c1ccccc1)c1ccccc1)N(C)C1C2CC3CC(C2)CC1C3. The standard InChI is InChI=1S/C30H36NP/c1-21(31(2)30-24-17-22-16-23(19-24)20-25(30)18-22)28-14-9-15-29(28)32(26-10-5-3-6-11-26)27-12-7-4-8-13-27/h3-15,21-25,28,30H,16-20H2,1-2H3/t21-,22?,23?,24?,25?,28?,30?/m1/s1. The van der Waals surface area contributed by atoms with Gasteiger partial charge in [-0.2, -0.15) is 0 Å². The molecule has 4 bridgehead atoms. The third-order valence-corrected chi connectivity index (χ3v) is 11.6. The quantitative estimate of drug-likeness (QED) is 0.473. The van der Waals surface area contributed by atoms with Crippen molar-refractivity contribution in [1.82, 2.24) is 4.90 Å². The Bertz CT molecular complexity index is 927. The second kappa shape index (κ2) is 8.58. The van der Waals surface area contributed by atoms with Crippen LogP contribution < -0.4 is 10.6 Å². The summed E-state index contributed by atoms with van der Waals surface area (Å²) in [7, 11) is 1.95. The monoisotopic (exact) mass is 441 g/mol. The van der Waals surface area contributed by atoms with E-state index in [1.165, 1.54) is 42.7 Å². The van der Waals surface area contributed by atoms with Crippen molar-refractivity contribution in [3.05, 3.63) is 84.2 Å². The van der Waals surface area contributed by atoms with Gasteiger partial charge in [0.05, 0.1) is 0 Å². The zero-order valence-corrected chi connectivity index (χ0v) is 20.4. The van der Waals surface area contributed by atoms with Crippen LogP contribution in [-0.2, 0) is 0 Å². The lowest BCUT2D eigenvalue weighted by molar-refractivity contribution is -0.0700. The van der Waals surface area contributed by atoms with E-state index in [0.29, 0.717) is 12.0 Å². The molecule has 0 heterocycles. The van der Waals surface area contributed by atoms with Crippen LogP contribution in [0, 0.1) is 29.6 Å². The Hall–Kier alpha value is -1.69. The predicted octanol–water partition coefficient (Wildman–Crippen LogP) is 6.33. The average molecular weight is 442 g/mol. The number of hydrogen-bond acceptors (Lipinski definition) is 1. The minimum atomic E-state index is -0.506. The maximum atomic E-state index is 2.82. The topological polar surface area (TPSA) is 3.24 Å². The Morgan fingerprint density at radius 3 is 1.84 bits per heavy atom. The fourth-order valence-corrected chi connectivity index (χ4v) is 10.5. The highest BCUT2D eigenvalue weighted by atomic mass is 31.1. The Morgan fingerprint density at radius 2 is 1.31 bits per heavy atom. The van der Waals surface area contributed by atoms with Crippen LogP contribution in [0.1, 0.15) is 39.0 Å². The summed E-state index contributed by atoms with van der Waals surface area (Å²) in [6.07, 6.45) is 14.8. The van der Waals surface area contributed by atoms with E-state index in [9.17, 15) is 0 Å². The van der Waals surface area contributed by atoms with Gasteiger partial charge in [0, 0.05) is 18.0 Å². The molecule has 2 aromatic rings. The van der Waals surface area contributed by atoms with E-state index in [-0.39, 0.29) is 0 Å². The molecule has 4 saturated carbocycles. The van der Waals surface area contributed by atoms with Gasteiger partial charge in [-0.1, -0.05) is 78.9 Å². The van der Waals surface area contributed by atoms with E-state index >= 15 is 0 Å². The average Bonchev–Trinajstić information content (AvgIpc) is 3.29. The lowest BCUT2D eigenvalue weighted by Crippen LogP contribution is -2.57. The minimum Gasteiger partial charge on any atom is -0.299 e. The molecule has 0 aromatic heterocycles. The Kier molecular flexibility index (Phi) is 5.60. The van der Waals surface area contributed by atoms with Crippen molar-refractivity contribution >= 4 is 18.5 Å². The summed E-state index contributed by atoms with van der Waals surface area (Å²) < 4.78 is 0. The van der Waals surface area contributed by atoms with Crippen LogP contribution in [0.5, 0.6) is 0 Å². The van der Waals surface area contributed by atoms with Crippen molar-refractivity contribution in [3.8, 4) is 0 Å². The molecule has 0 amide bonds. The molecule has 1 unspecified atom stereocenters. The number of nitrogens with zero attached hydrogens (tertiary/aromatic N) is 1. The molecule has 4 fully saturated rings. The molecule has 0 spiro atoms. The van der Waals surface area contributed by atoms with Crippen molar-refractivity contribution in [1.29, 1.82) is 0 Å². The van der Waals surface area contributed by atoms with Crippen LogP contribution in [0.15, 0.2) is 84.2 Å². The number of rotatable bonds is 6. The molecule has 2 aromatic carbocycles. The summed E-state index contributed by atoms with van der Waals surface area (Å²) in [5, 5.41) is 4.57. The third-order valence-electron chi connectivity index (χ3n) is 9.02. The fraction of sp³-hybridized carbons (Fsp3) is 0.467. The molecule has 0 saturated heterocycles. The number of hydrogen-bond donors (Lipinski definition) is 0. The van der Waals surface area contributed by atoms with E-state index in [1.54, 1.807) is 5.31 Å². The van der Waals surface area contributed by atoms with Crippen LogP contribution in [0.25, 0.3) is 0 Å². The van der Waals surface area contributed by atoms with Crippen molar-refractivity contribution in [2.45, 2.75) is 51.1 Å². The van der Waals surface area contributed by atoms with Gasteiger partial charge < -0.3 is 0 Å². The van der Waals surface area contributed by atoms with Gasteiger partial charge in [0.1, 0.15) is 0 Å². The minimum absolute atomic E-state index is 0.503. The summed E-state index contributed by atoms with van der Waals surface area (Å²) in [5.41, 5.74) is 0. The largest absolute Gasteiger partial charge is 0.299 e. The lowest BCUT2D eigenvalue weighted by atomic mass is 9.53. The van der Waals surface area contributed by atoms with Gasteiger partial charge >= 0.3 is 0 Å². The zero-order chi connectivity index (χ0) is 21.7. The van der Waals surface area contributed by atoms with Crippen molar-refractivity contribution in [3.63, 3.8) is 0 Å². The van der Waals surface area contributed by atoms with Crippen molar-refractivity contribution < 1.29 is 0 Å². The van der Waals surface area contributed by atoms with Crippen molar-refractivity contribution in [2.75, 3.05) is 7.05 Å². The van der Waals surface area contributed by atoms with Crippen LogP contribution in [0.3, 0.4) is 0 Å². The van der Waals surface area contributed by atoms with Crippen LogP contribution in [0.4, 0.5) is 0 Å². The normalized spacial score (nSPS) is 33.8. The maximum Gasteiger partial charge on any atom is 0.0185 e. The van der Waals surface area contributed by atoms with Crippen molar-refractivity contribution in [2.24, 2.45) is 29.6 Å². The second-order valence-corrected chi connectivity index (χ2v) is 13.1. The van der Waals surface area contributed by atoms with Gasteiger partial charge in [-0.25, -0.2) is 0 Å². The zero-order valence-electron chi connectivity index (χ0n) is 19.5. The summed E-state index contributed by atoms with van der Waals surface area (Å²) in [4.78, 5) is 2.82. The van der Waals surface area contributed by atoms with Crippen LogP contribution in [-0.4, -0.2) is 24.0 Å². The summed E-state index contributed by atoms with van der Waals surface area (Å²) in [6.45, 7) is 2.50. The highest BCUT2D eigenvalue weighted by molar-refractivity contribution is 7.76. The summed E-state index contributed by atoms with van der Waals surface area (Å²) in [5.74, 6) is 4.48. The van der Waals surface area contributed by atoms with Crippen LogP contribution >= 0.6 is 7.92 Å². The van der Waals surface area contributed by atoms with Gasteiger partial charge in [0.2, 0.25) is 0 Å². The molecular weight excluding hydrogens is 405 g/mol. The molecule has 166 valence electrons. The molecule has 1 nitrogen and oxygen atoms in total. The molecule has 0 radical (unpaired) electrons. The smallest absolute Gasteiger partial charge is 0.0185 e. The molecular formula is C30H36NP. The molecule has 0 aliphatic heterocycles.